The molecule has 0 spiro atoms. The lowest BCUT2D eigenvalue weighted by molar-refractivity contribution is -0.112. The van der Waals surface area contributed by atoms with E-state index in [0.29, 0.717) is 17.6 Å². The molecule has 222 valence electrons. The Morgan fingerprint density at radius 3 is 2.38 bits per heavy atom. The van der Waals surface area contributed by atoms with Crippen LogP contribution >= 0.6 is 0 Å². The van der Waals surface area contributed by atoms with Crippen molar-refractivity contribution >= 4 is 17.7 Å². The number of nitrogens with two attached hydrogens (primary N) is 1. The Hall–Kier alpha value is -3.54. The molecule has 0 saturated carbocycles. The molecule has 1 aliphatic rings. The van der Waals surface area contributed by atoms with Gasteiger partial charge >= 0.3 is 6.09 Å². The fourth-order valence-electron chi connectivity index (χ4n) is 4.81. The largest absolute Gasteiger partial charge is 0.505 e. The molecule has 0 fully saturated rings. The zero-order chi connectivity index (χ0) is 30.1. The van der Waals surface area contributed by atoms with Gasteiger partial charge in [-0.1, -0.05) is 38.2 Å². The van der Waals surface area contributed by atoms with E-state index in [0.717, 1.165) is 0 Å². The summed E-state index contributed by atoms with van der Waals surface area (Å²) in [6.45, 7) is 7.04. The Bertz CT molecular complexity index is 1140. The summed E-state index contributed by atoms with van der Waals surface area (Å²) in [5.41, 5.74) is 6.54. The van der Waals surface area contributed by atoms with Crippen LogP contribution in [-0.2, 0) is 25.4 Å². The van der Waals surface area contributed by atoms with Gasteiger partial charge in [0.2, 0.25) is 0 Å². The van der Waals surface area contributed by atoms with E-state index in [2.05, 4.69) is 5.32 Å². The quantitative estimate of drug-likeness (QED) is 0.209. The van der Waals surface area contributed by atoms with Crippen molar-refractivity contribution in [1.29, 1.82) is 0 Å². The van der Waals surface area contributed by atoms with Crippen LogP contribution in [0.1, 0.15) is 39.7 Å². The van der Waals surface area contributed by atoms with Crippen molar-refractivity contribution in [2.24, 2.45) is 17.6 Å². The van der Waals surface area contributed by atoms with E-state index >= 15 is 0 Å². The zero-order valence-corrected chi connectivity index (χ0v) is 24.1. The molecule has 0 aliphatic carbocycles. The number of aromatic hydroxyl groups is 2. The molecule has 1 aliphatic heterocycles. The molecule has 6 atom stereocenters. The Morgan fingerprint density at radius 1 is 1.12 bits per heavy atom. The Labute approximate surface area is 235 Å². The van der Waals surface area contributed by atoms with Crippen LogP contribution in [0.3, 0.4) is 0 Å². The van der Waals surface area contributed by atoms with Crippen LogP contribution in [0.25, 0.3) is 0 Å². The van der Waals surface area contributed by atoms with E-state index in [9.17, 15) is 24.9 Å². The van der Waals surface area contributed by atoms with E-state index in [4.69, 9.17) is 24.7 Å². The molecule has 6 N–H and O–H groups in total. The maximum absolute atomic E-state index is 12.9. The van der Waals surface area contributed by atoms with Crippen molar-refractivity contribution in [2.45, 2.75) is 65.0 Å². The smallest absolute Gasteiger partial charge is 0.405 e. The van der Waals surface area contributed by atoms with Gasteiger partial charge in [0.05, 0.1) is 25.0 Å². The summed E-state index contributed by atoms with van der Waals surface area (Å²) in [5.74, 6) is -1.48. The number of fused-ring (bicyclic) bond motifs is 2. The third kappa shape index (κ3) is 8.23. The summed E-state index contributed by atoms with van der Waals surface area (Å²) in [6, 6.07) is 1.22. The van der Waals surface area contributed by atoms with Gasteiger partial charge in [-0.3, -0.25) is 4.79 Å². The predicted octanol–water partition coefficient (Wildman–Crippen LogP) is 3.57. The van der Waals surface area contributed by atoms with Gasteiger partial charge in [-0.05, 0) is 38.2 Å². The van der Waals surface area contributed by atoms with E-state index in [1.54, 1.807) is 32.1 Å². The summed E-state index contributed by atoms with van der Waals surface area (Å²) in [6.07, 6.45) is 2.93. The summed E-state index contributed by atoms with van der Waals surface area (Å²) in [5, 5.41) is 35.4. The number of benzene rings is 1. The molecule has 1 aromatic rings. The number of anilines is 1. The Kier molecular flexibility index (Phi) is 12.0. The topological polar surface area (TPSA) is 170 Å². The zero-order valence-electron chi connectivity index (χ0n) is 24.1. The molecule has 1 heterocycles. The number of primary amides is 1. The molecule has 40 heavy (non-hydrogen) atoms. The molecule has 11 heteroatoms. The van der Waals surface area contributed by atoms with Crippen LogP contribution in [-0.4, -0.2) is 73.1 Å². The minimum absolute atomic E-state index is 0.0154. The third-order valence-corrected chi connectivity index (χ3v) is 6.98. The first kappa shape index (κ1) is 32.7. The van der Waals surface area contributed by atoms with Crippen molar-refractivity contribution in [3.63, 3.8) is 0 Å². The number of hydrogen-bond donors (Lipinski definition) is 5. The van der Waals surface area contributed by atoms with Gasteiger partial charge in [0, 0.05) is 37.3 Å². The average molecular weight is 563 g/mol. The molecule has 2 bridgehead atoms. The Balaban J connectivity index is 2.65. The maximum Gasteiger partial charge on any atom is 0.405 e. The van der Waals surface area contributed by atoms with Gasteiger partial charge in [0.15, 0.2) is 17.6 Å². The molecule has 2 amide bonds. The number of amides is 2. The maximum atomic E-state index is 12.9. The van der Waals surface area contributed by atoms with Crippen LogP contribution in [0.15, 0.2) is 41.5 Å². The van der Waals surface area contributed by atoms with Crippen LogP contribution in [0.4, 0.5) is 10.5 Å². The highest BCUT2D eigenvalue weighted by atomic mass is 16.6. The minimum Gasteiger partial charge on any atom is -0.505 e. The van der Waals surface area contributed by atoms with Crippen molar-refractivity contribution in [2.75, 3.05) is 26.6 Å². The van der Waals surface area contributed by atoms with Gasteiger partial charge < -0.3 is 45.3 Å². The number of ether oxygens (including phenoxy) is 4. The number of allylic oxidation sites excluding steroid dienone is 2. The van der Waals surface area contributed by atoms with Gasteiger partial charge in [0.1, 0.15) is 11.9 Å². The van der Waals surface area contributed by atoms with Crippen molar-refractivity contribution in [3.05, 3.63) is 47.1 Å². The Morgan fingerprint density at radius 2 is 1.80 bits per heavy atom. The molecule has 1 aromatic carbocycles. The number of nitrogens with one attached hydrogen (secondary N) is 1. The first-order valence-electron chi connectivity index (χ1n) is 13.0. The first-order chi connectivity index (χ1) is 18.8. The molecule has 0 radical (unpaired) electrons. The first-order valence-corrected chi connectivity index (χ1v) is 13.0. The van der Waals surface area contributed by atoms with Crippen LogP contribution < -0.4 is 15.8 Å². The van der Waals surface area contributed by atoms with Crippen molar-refractivity contribution in [1.82, 2.24) is 0 Å². The molecule has 11 nitrogen and oxygen atoms in total. The normalized spacial score (nSPS) is 30.2. The average Bonchev–Trinajstić information content (AvgIpc) is 2.90. The molecular formula is C29H42N2O9. The predicted molar refractivity (Wildman–Crippen MR) is 150 cm³/mol. The highest BCUT2D eigenvalue weighted by Gasteiger charge is 2.30. The SMILES string of the molecule is COc1c(O)cc2c(O)c1C[C@@H](C)C[C@H](OC)[C@H](O)[C@@H](C)/C=C(/C)[C@H](OC(N)=O)[C@@H](OC)/C=C/C=C(/C)C(=O)N2. The molecule has 0 unspecified atom stereocenters. The summed E-state index contributed by atoms with van der Waals surface area (Å²) < 4.78 is 21.9. The fraction of sp³-hybridized carbons (Fsp3) is 0.517. The third-order valence-electron chi connectivity index (χ3n) is 6.98. The van der Waals surface area contributed by atoms with Crippen LogP contribution in [0.5, 0.6) is 17.2 Å². The van der Waals surface area contributed by atoms with Crippen molar-refractivity contribution in [3.8, 4) is 17.2 Å². The number of carbonyl (C=O) groups excluding carboxylic acids is 2. The fourth-order valence-corrected chi connectivity index (χ4v) is 4.81. The number of phenols is 2. The number of phenolic OH excluding ortho intramolecular Hbond substituents is 2. The highest BCUT2D eigenvalue weighted by Crippen LogP contribution is 2.43. The standard InChI is InChI=1S/C29H42N2O9/c1-15-11-19-25(34)20(14-21(32)27(19)39-7)31-28(35)16(2)9-8-10-22(37-5)26(40-29(30)36)18(4)13-17(3)24(33)23(12-15)38-6/h8-10,13-15,17,22-24,26,32-34H,11-12H2,1-7H3,(H2,30,36)(H,31,35)/b10-8+,16-9-,18-13-/t15-,17+,22+,23+,24-,26+/m1/s1. The van der Waals surface area contributed by atoms with E-state index < -0.39 is 42.3 Å². The summed E-state index contributed by atoms with van der Waals surface area (Å²) >= 11 is 0. The number of aliphatic hydroxyl groups is 1. The number of carbonyl (C=O) groups is 2. The summed E-state index contributed by atoms with van der Waals surface area (Å²) in [7, 11) is 4.32. The van der Waals surface area contributed by atoms with Crippen molar-refractivity contribution < 1.29 is 43.9 Å². The number of hydrogen-bond acceptors (Lipinski definition) is 9. The molecule has 2 rings (SSSR count). The van der Waals surface area contributed by atoms with Crippen LogP contribution in [0, 0.1) is 11.8 Å². The summed E-state index contributed by atoms with van der Waals surface area (Å²) in [4.78, 5) is 24.6. The van der Waals surface area contributed by atoms with E-state index in [1.807, 2.05) is 13.8 Å². The van der Waals surface area contributed by atoms with Gasteiger partial charge in [-0.15, -0.1) is 0 Å². The number of aliphatic hydroxyl groups excluding tert-OH is 1. The van der Waals surface area contributed by atoms with Gasteiger partial charge in [-0.25, -0.2) is 4.79 Å². The lowest BCUT2D eigenvalue weighted by Gasteiger charge is -2.29. The number of methoxy groups -OCH3 is 3. The molecular weight excluding hydrogens is 520 g/mol. The van der Waals surface area contributed by atoms with E-state index in [-0.39, 0.29) is 40.8 Å². The second-order valence-corrected chi connectivity index (χ2v) is 10.1. The second-order valence-electron chi connectivity index (χ2n) is 10.1. The molecule has 0 aromatic heterocycles. The minimum atomic E-state index is -0.991. The second kappa shape index (κ2) is 14.7. The van der Waals surface area contributed by atoms with Gasteiger partial charge in [-0.2, -0.15) is 0 Å². The van der Waals surface area contributed by atoms with Gasteiger partial charge in [0.25, 0.3) is 5.91 Å². The lowest BCUT2D eigenvalue weighted by atomic mass is 9.88. The lowest BCUT2D eigenvalue weighted by Crippen LogP contribution is -2.37. The number of rotatable bonds is 4. The monoisotopic (exact) mass is 562 g/mol. The highest BCUT2D eigenvalue weighted by molar-refractivity contribution is 6.04. The van der Waals surface area contributed by atoms with Crippen LogP contribution in [0.2, 0.25) is 0 Å². The molecule has 0 saturated heterocycles. The van der Waals surface area contributed by atoms with E-state index in [1.165, 1.54) is 33.5 Å².